The van der Waals surface area contributed by atoms with Gasteiger partial charge in [0.1, 0.15) is 18.9 Å². The average molecular weight is 311 g/mol. The molecule has 1 amide bonds. The first kappa shape index (κ1) is 14.3. The van der Waals surface area contributed by atoms with E-state index in [0.29, 0.717) is 19.1 Å². The summed E-state index contributed by atoms with van der Waals surface area (Å²) in [5.41, 5.74) is 3.08. The van der Waals surface area contributed by atoms with Crippen LogP contribution in [0.5, 0.6) is 5.75 Å². The summed E-state index contributed by atoms with van der Waals surface area (Å²) >= 11 is 0. The Kier molecular flexibility index (Phi) is 3.56. The lowest BCUT2D eigenvalue weighted by Gasteiger charge is -2.31. The number of fused-ring (bicyclic) bond motifs is 3. The number of para-hydroxylation sites is 1. The molecular formula is C18H21N3O2. The van der Waals surface area contributed by atoms with E-state index in [1.165, 1.54) is 6.42 Å². The van der Waals surface area contributed by atoms with Crippen LogP contribution < -0.4 is 4.74 Å². The molecule has 5 heteroatoms. The van der Waals surface area contributed by atoms with Gasteiger partial charge >= 0.3 is 0 Å². The first-order valence-electron chi connectivity index (χ1n) is 8.27. The molecule has 0 aliphatic carbocycles. The van der Waals surface area contributed by atoms with Crippen LogP contribution in [0.1, 0.15) is 25.3 Å². The molecule has 0 N–H and O–H groups in total. The number of amides is 1. The number of aromatic nitrogens is 2. The molecule has 0 saturated carbocycles. The first-order valence-corrected chi connectivity index (χ1v) is 8.27. The van der Waals surface area contributed by atoms with E-state index in [2.05, 4.69) is 12.0 Å². The highest BCUT2D eigenvalue weighted by molar-refractivity contribution is 5.78. The predicted molar refractivity (Wildman–Crippen MR) is 87.0 cm³/mol. The summed E-state index contributed by atoms with van der Waals surface area (Å²) in [5.74, 6) is 1.61. The molecule has 1 fully saturated rings. The summed E-state index contributed by atoms with van der Waals surface area (Å²) in [6.45, 7) is 4.76. The molecule has 0 unspecified atom stereocenters. The second-order valence-corrected chi connectivity index (χ2v) is 6.55. The maximum Gasteiger partial charge on any atom is 0.244 e. The smallest absolute Gasteiger partial charge is 0.244 e. The van der Waals surface area contributed by atoms with Gasteiger partial charge in [0.2, 0.25) is 5.91 Å². The van der Waals surface area contributed by atoms with Gasteiger partial charge in [-0.1, -0.05) is 19.1 Å². The van der Waals surface area contributed by atoms with Crippen molar-refractivity contribution in [1.82, 2.24) is 14.7 Å². The van der Waals surface area contributed by atoms with E-state index in [9.17, 15) is 4.79 Å². The standard InChI is InChI=1S/C18H21N3O2/c1-13-5-4-8-20(10-13)17(22)11-21-18-14(9-19-21)12-23-16-7-3-2-6-15(16)18/h2-3,6-7,9,13H,4-5,8,10-12H2,1H3/t13-/m1/s1. The molecule has 1 saturated heterocycles. The molecule has 0 spiro atoms. The minimum atomic E-state index is 0.159. The third-order valence-electron chi connectivity index (χ3n) is 4.74. The lowest BCUT2D eigenvalue weighted by atomic mass is 10.0. The van der Waals surface area contributed by atoms with E-state index in [1.54, 1.807) is 0 Å². The number of carbonyl (C=O) groups is 1. The van der Waals surface area contributed by atoms with Gasteiger partial charge in [-0.15, -0.1) is 0 Å². The Balaban J connectivity index is 1.60. The van der Waals surface area contributed by atoms with Crippen molar-refractivity contribution in [2.75, 3.05) is 13.1 Å². The first-order chi connectivity index (χ1) is 11.2. The van der Waals surface area contributed by atoms with Gasteiger partial charge in [-0.25, -0.2) is 0 Å². The van der Waals surface area contributed by atoms with Crippen molar-refractivity contribution in [3.05, 3.63) is 36.0 Å². The van der Waals surface area contributed by atoms with Crippen molar-refractivity contribution in [3.63, 3.8) is 0 Å². The zero-order valence-electron chi connectivity index (χ0n) is 13.4. The molecular weight excluding hydrogens is 290 g/mol. The van der Waals surface area contributed by atoms with Crippen molar-refractivity contribution in [1.29, 1.82) is 0 Å². The molecule has 4 rings (SSSR count). The fraction of sp³-hybridized carbons (Fsp3) is 0.444. The van der Waals surface area contributed by atoms with Gasteiger partial charge in [-0.05, 0) is 30.9 Å². The molecule has 0 radical (unpaired) electrons. The molecule has 1 atom stereocenters. The van der Waals surface area contributed by atoms with E-state index in [4.69, 9.17) is 4.74 Å². The van der Waals surface area contributed by atoms with Crippen molar-refractivity contribution in [3.8, 4) is 17.0 Å². The number of hydrogen-bond acceptors (Lipinski definition) is 3. The maximum absolute atomic E-state index is 12.6. The van der Waals surface area contributed by atoms with Crippen molar-refractivity contribution in [2.24, 2.45) is 5.92 Å². The van der Waals surface area contributed by atoms with Gasteiger partial charge in [0.05, 0.1) is 11.9 Å². The van der Waals surface area contributed by atoms with Crippen LogP contribution in [0, 0.1) is 5.92 Å². The largest absolute Gasteiger partial charge is 0.488 e. The Labute approximate surface area is 135 Å². The molecule has 1 aromatic heterocycles. The number of ether oxygens (including phenoxy) is 1. The minimum Gasteiger partial charge on any atom is -0.488 e. The zero-order chi connectivity index (χ0) is 15.8. The molecule has 0 bridgehead atoms. The Bertz CT molecular complexity index is 738. The molecule has 23 heavy (non-hydrogen) atoms. The van der Waals surface area contributed by atoms with Crippen LogP contribution in [0.25, 0.3) is 11.3 Å². The summed E-state index contributed by atoms with van der Waals surface area (Å²) in [4.78, 5) is 14.6. The summed E-state index contributed by atoms with van der Waals surface area (Å²) in [7, 11) is 0. The van der Waals surface area contributed by atoms with Crippen LogP contribution in [-0.4, -0.2) is 33.7 Å². The summed E-state index contributed by atoms with van der Waals surface area (Å²) in [6.07, 6.45) is 4.13. The number of likely N-dealkylation sites (tertiary alicyclic amines) is 1. The van der Waals surface area contributed by atoms with E-state index in [0.717, 1.165) is 42.1 Å². The number of nitrogens with zero attached hydrogens (tertiary/aromatic N) is 3. The lowest BCUT2D eigenvalue weighted by molar-refractivity contribution is -0.133. The van der Waals surface area contributed by atoms with Gasteiger partial charge in [0, 0.05) is 24.2 Å². The normalized spacial score (nSPS) is 19.7. The Morgan fingerprint density at radius 1 is 1.39 bits per heavy atom. The van der Waals surface area contributed by atoms with Gasteiger partial charge in [-0.2, -0.15) is 5.10 Å². The van der Waals surface area contributed by atoms with Crippen molar-refractivity contribution < 1.29 is 9.53 Å². The Hall–Kier alpha value is -2.30. The molecule has 120 valence electrons. The highest BCUT2D eigenvalue weighted by atomic mass is 16.5. The number of carbonyl (C=O) groups excluding carboxylic acids is 1. The third-order valence-corrected chi connectivity index (χ3v) is 4.74. The summed E-state index contributed by atoms with van der Waals surface area (Å²) in [6, 6.07) is 7.94. The summed E-state index contributed by atoms with van der Waals surface area (Å²) < 4.78 is 7.58. The van der Waals surface area contributed by atoms with Gasteiger partial charge in [0.15, 0.2) is 0 Å². The van der Waals surface area contributed by atoms with E-state index in [-0.39, 0.29) is 5.91 Å². The minimum absolute atomic E-state index is 0.159. The zero-order valence-corrected chi connectivity index (χ0v) is 13.4. The summed E-state index contributed by atoms with van der Waals surface area (Å²) in [5, 5.41) is 4.44. The fourth-order valence-corrected chi connectivity index (χ4v) is 3.55. The van der Waals surface area contributed by atoms with Crippen LogP contribution in [0.4, 0.5) is 0 Å². The Morgan fingerprint density at radius 3 is 3.13 bits per heavy atom. The van der Waals surface area contributed by atoms with Crippen molar-refractivity contribution >= 4 is 5.91 Å². The second kappa shape index (κ2) is 5.72. The molecule has 1 aromatic carbocycles. The number of piperidine rings is 1. The number of rotatable bonds is 2. The number of hydrogen-bond donors (Lipinski definition) is 0. The monoisotopic (exact) mass is 311 g/mol. The fourth-order valence-electron chi connectivity index (χ4n) is 3.55. The van der Waals surface area contributed by atoms with E-state index >= 15 is 0 Å². The third kappa shape index (κ3) is 2.60. The highest BCUT2D eigenvalue weighted by Gasteiger charge is 2.25. The average Bonchev–Trinajstić information content (AvgIpc) is 2.98. The van der Waals surface area contributed by atoms with Crippen LogP contribution in [0.2, 0.25) is 0 Å². The van der Waals surface area contributed by atoms with Crippen LogP contribution in [0.15, 0.2) is 30.5 Å². The second-order valence-electron chi connectivity index (χ2n) is 6.55. The quantitative estimate of drug-likeness (QED) is 0.857. The SMILES string of the molecule is C[C@@H]1CCCN(C(=O)Cn2ncc3c2-c2ccccc2OC3)C1. The molecule has 5 nitrogen and oxygen atoms in total. The van der Waals surface area contributed by atoms with Crippen LogP contribution >= 0.6 is 0 Å². The molecule has 2 aromatic rings. The van der Waals surface area contributed by atoms with Gasteiger partial charge < -0.3 is 9.64 Å². The van der Waals surface area contributed by atoms with E-state index in [1.807, 2.05) is 40.0 Å². The van der Waals surface area contributed by atoms with Crippen molar-refractivity contribution in [2.45, 2.75) is 32.9 Å². The molecule has 2 aliphatic rings. The molecule has 3 heterocycles. The van der Waals surface area contributed by atoms with Gasteiger partial charge in [0.25, 0.3) is 0 Å². The topological polar surface area (TPSA) is 47.4 Å². The lowest BCUT2D eigenvalue weighted by Crippen LogP contribution is -2.41. The van der Waals surface area contributed by atoms with Crippen LogP contribution in [-0.2, 0) is 17.9 Å². The maximum atomic E-state index is 12.6. The highest BCUT2D eigenvalue weighted by Crippen LogP contribution is 2.37. The molecule has 2 aliphatic heterocycles. The van der Waals surface area contributed by atoms with E-state index < -0.39 is 0 Å². The Morgan fingerprint density at radius 2 is 2.26 bits per heavy atom. The predicted octanol–water partition coefficient (Wildman–Crippen LogP) is 2.70. The van der Waals surface area contributed by atoms with Gasteiger partial charge in [-0.3, -0.25) is 9.48 Å². The number of benzene rings is 1. The van der Waals surface area contributed by atoms with Crippen LogP contribution in [0.3, 0.4) is 0 Å².